The second-order valence-corrected chi connectivity index (χ2v) is 9.70. The number of hydrogen-bond donors (Lipinski definition) is 3. The highest BCUT2D eigenvalue weighted by atomic mass is 16.5. The lowest BCUT2D eigenvalue weighted by atomic mass is 9.91. The molecule has 1 saturated heterocycles. The molecule has 4 rings (SSSR count). The number of aromatic nitrogens is 2. The summed E-state index contributed by atoms with van der Waals surface area (Å²) in [6.07, 6.45) is 4.18. The fourth-order valence-corrected chi connectivity index (χ4v) is 3.90. The van der Waals surface area contributed by atoms with Crippen LogP contribution < -0.4 is 16.0 Å². The number of nitrogens with one attached hydrogen (secondary N) is 3. The van der Waals surface area contributed by atoms with Crippen LogP contribution in [0.15, 0.2) is 53.2 Å². The number of piperidine rings is 1. The summed E-state index contributed by atoms with van der Waals surface area (Å²) in [5.74, 6) is 1.16. The minimum absolute atomic E-state index is 0.180. The first-order valence-electron chi connectivity index (χ1n) is 11.6. The van der Waals surface area contributed by atoms with Gasteiger partial charge in [0, 0.05) is 23.4 Å². The molecular formula is C26H31N5O3. The Morgan fingerprint density at radius 2 is 1.79 bits per heavy atom. The van der Waals surface area contributed by atoms with Crippen LogP contribution in [-0.2, 0) is 16.6 Å². The van der Waals surface area contributed by atoms with E-state index in [9.17, 15) is 9.59 Å². The van der Waals surface area contributed by atoms with Crippen LogP contribution in [0.5, 0.6) is 0 Å². The Balaban J connectivity index is 1.29. The zero-order chi connectivity index (χ0) is 24.1. The SMILES string of the molecule is CC(C)(C)c1cc(NC(=O)Cc2ccc(NC(=O)c3ccc(C4CCNCC4)cn3)cc2)no1. The van der Waals surface area contributed by atoms with Crippen molar-refractivity contribution in [3.8, 4) is 0 Å². The minimum Gasteiger partial charge on any atom is -0.359 e. The fraction of sp³-hybridized carbons (Fsp3) is 0.385. The Morgan fingerprint density at radius 3 is 2.41 bits per heavy atom. The van der Waals surface area contributed by atoms with Crippen molar-refractivity contribution in [1.82, 2.24) is 15.5 Å². The highest BCUT2D eigenvalue weighted by Crippen LogP contribution is 2.25. The Hall–Kier alpha value is -3.52. The number of pyridine rings is 1. The van der Waals surface area contributed by atoms with Crippen LogP contribution in [0.2, 0.25) is 0 Å². The predicted molar refractivity (Wildman–Crippen MR) is 131 cm³/mol. The molecule has 0 atom stereocenters. The van der Waals surface area contributed by atoms with Crippen LogP contribution in [0.1, 0.15) is 66.9 Å². The summed E-state index contributed by atoms with van der Waals surface area (Å²) in [5, 5.41) is 12.9. The monoisotopic (exact) mass is 461 g/mol. The van der Waals surface area contributed by atoms with Gasteiger partial charge < -0.3 is 20.5 Å². The van der Waals surface area contributed by atoms with Crippen LogP contribution in [0, 0.1) is 0 Å². The van der Waals surface area contributed by atoms with Crippen molar-refractivity contribution in [3.05, 3.63) is 71.2 Å². The van der Waals surface area contributed by atoms with E-state index in [0.29, 0.717) is 28.9 Å². The molecule has 1 aliphatic rings. The predicted octanol–water partition coefficient (Wildman–Crippen LogP) is 4.27. The molecular weight excluding hydrogens is 430 g/mol. The van der Waals surface area contributed by atoms with Crippen molar-refractivity contribution in [2.45, 2.75) is 51.4 Å². The molecule has 0 aliphatic carbocycles. The Morgan fingerprint density at radius 1 is 1.06 bits per heavy atom. The van der Waals surface area contributed by atoms with Gasteiger partial charge in [-0.2, -0.15) is 0 Å². The van der Waals surface area contributed by atoms with Crippen molar-refractivity contribution < 1.29 is 14.1 Å². The van der Waals surface area contributed by atoms with Crippen molar-refractivity contribution in [1.29, 1.82) is 0 Å². The van der Waals surface area contributed by atoms with Crippen molar-refractivity contribution in [2.75, 3.05) is 23.7 Å². The first-order valence-corrected chi connectivity index (χ1v) is 11.6. The third kappa shape index (κ3) is 6.08. The number of carbonyl (C=O) groups excluding carboxylic acids is 2. The van der Waals surface area contributed by atoms with Gasteiger partial charge in [0.25, 0.3) is 5.91 Å². The highest BCUT2D eigenvalue weighted by Gasteiger charge is 2.20. The van der Waals surface area contributed by atoms with E-state index in [2.05, 4.69) is 26.1 Å². The first-order chi connectivity index (χ1) is 16.3. The number of carbonyl (C=O) groups is 2. The number of rotatable bonds is 6. The number of anilines is 2. The standard InChI is InChI=1S/C26H31N5O3/c1-26(2,3)22-15-23(31-34-22)30-24(32)14-17-4-7-20(8-5-17)29-25(33)21-9-6-19(16-28-21)18-10-12-27-13-11-18/h4-9,15-16,18,27H,10-14H2,1-3H3,(H,29,33)(H,30,31,32). The third-order valence-electron chi connectivity index (χ3n) is 5.92. The molecule has 0 bridgehead atoms. The molecule has 178 valence electrons. The van der Waals surface area contributed by atoms with Crippen LogP contribution in [0.4, 0.5) is 11.5 Å². The van der Waals surface area contributed by atoms with Crippen molar-refractivity contribution >= 4 is 23.3 Å². The van der Waals surface area contributed by atoms with Gasteiger partial charge in [-0.1, -0.05) is 44.1 Å². The number of hydrogen-bond acceptors (Lipinski definition) is 6. The second kappa shape index (κ2) is 10.2. The van der Waals surface area contributed by atoms with E-state index < -0.39 is 0 Å². The molecule has 1 aromatic carbocycles. The molecule has 0 saturated carbocycles. The van der Waals surface area contributed by atoms with Gasteiger partial charge in [-0.25, -0.2) is 0 Å². The largest absolute Gasteiger partial charge is 0.359 e. The zero-order valence-electron chi connectivity index (χ0n) is 19.9. The summed E-state index contributed by atoms with van der Waals surface area (Å²) in [7, 11) is 0. The number of benzene rings is 1. The molecule has 3 N–H and O–H groups in total. The van der Waals surface area contributed by atoms with Gasteiger partial charge in [-0.15, -0.1) is 0 Å². The maximum absolute atomic E-state index is 12.6. The lowest BCUT2D eigenvalue weighted by molar-refractivity contribution is -0.115. The van der Waals surface area contributed by atoms with E-state index in [0.717, 1.165) is 31.5 Å². The van der Waals surface area contributed by atoms with Crippen LogP contribution in [0.25, 0.3) is 0 Å². The van der Waals surface area contributed by atoms with E-state index >= 15 is 0 Å². The molecule has 0 radical (unpaired) electrons. The topological polar surface area (TPSA) is 109 Å². The zero-order valence-corrected chi connectivity index (χ0v) is 19.9. The maximum atomic E-state index is 12.6. The van der Waals surface area contributed by atoms with E-state index in [4.69, 9.17) is 4.52 Å². The molecule has 2 aromatic heterocycles. The number of amides is 2. The molecule has 3 aromatic rings. The Labute approximate surface area is 199 Å². The summed E-state index contributed by atoms with van der Waals surface area (Å²) in [6.45, 7) is 8.08. The van der Waals surface area contributed by atoms with Gasteiger partial charge in [0.05, 0.1) is 6.42 Å². The van der Waals surface area contributed by atoms with Gasteiger partial charge in [-0.05, 0) is 61.2 Å². The van der Waals surface area contributed by atoms with Crippen molar-refractivity contribution in [3.63, 3.8) is 0 Å². The van der Waals surface area contributed by atoms with E-state index in [1.165, 1.54) is 5.56 Å². The normalized spacial score (nSPS) is 14.6. The van der Waals surface area contributed by atoms with Gasteiger partial charge >= 0.3 is 0 Å². The van der Waals surface area contributed by atoms with Gasteiger partial charge in [0.2, 0.25) is 5.91 Å². The summed E-state index contributed by atoms with van der Waals surface area (Å²) in [6, 6.07) is 12.7. The molecule has 34 heavy (non-hydrogen) atoms. The van der Waals surface area contributed by atoms with Gasteiger partial charge in [-0.3, -0.25) is 14.6 Å². The lowest BCUT2D eigenvalue weighted by Gasteiger charge is -2.22. The number of nitrogens with zero attached hydrogens (tertiary/aromatic N) is 2. The minimum atomic E-state index is -0.261. The quantitative estimate of drug-likeness (QED) is 0.506. The van der Waals surface area contributed by atoms with Crippen molar-refractivity contribution in [2.24, 2.45) is 0 Å². The average molecular weight is 462 g/mol. The van der Waals surface area contributed by atoms with Crippen LogP contribution >= 0.6 is 0 Å². The third-order valence-corrected chi connectivity index (χ3v) is 5.92. The fourth-order valence-electron chi connectivity index (χ4n) is 3.90. The van der Waals surface area contributed by atoms with E-state index in [1.807, 2.05) is 45.2 Å². The molecule has 0 spiro atoms. The smallest absolute Gasteiger partial charge is 0.274 e. The summed E-state index contributed by atoms with van der Waals surface area (Å²) >= 11 is 0. The lowest BCUT2D eigenvalue weighted by Crippen LogP contribution is -2.26. The highest BCUT2D eigenvalue weighted by molar-refractivity contribution is 6.02. The molecule has 2 amide bonds. The maximum Gasteiger partial charge on any atom is 0.274 e. The average Bonchev–Trinajstić information content (AvgIpc) is 3.30. The van der Waals surface area contributed by atoms with Crippen LogP contribution in [0.3, 0.4) is 0 Å². The molecule has 1 aliphatic heterocycles. The summed E-state index contributed by atoms with van der Waals surface area (Å²) in [4.78, 5) is 29.3. The summed E-state index contributed by atoms with van der Waals surface area (Å²) < 4.78 is 5.29. The van der Waals surface area contributed by atoms with E-state index in [-0.39, 0.29) is 23.7 Å². The van der Waals surface area contributed by atoms with Crippen LogP contribution in [-0.4, -0.2) is 35.0 Å². The Bertz CT molecular complexity index is 1120. The molecule has 3 heterocycles. The van der Waals surface area contributed by atoms with Gasteiger partial charge in [0.1, 0.15) is 11.5 Å². The van der Waals surface area contributed by atoms with E-state index in [1.54, 1.807) is 24.3 Å². The molecule has 1 fully saturated rings. The van der Waals surface area contributed by atoms with Gasteiger partial charge in [0.15, 0.2) is 5.82 Å². The Kier molecular flexibility index (Phi) is 7.07. The molecule has 0 unspecified atom stereocenters. The molecule has 8 nitrogen and oxygen atoms in total. The first kappa shape index (κ1) is 23.6. The summed E-state index contributed by atoms with van der Waals surface area (Å²) in [5.41, 5.74) is 2.84. The molecule has 8 heteroatoms. The second-order valence-electron chi connectivity index (χ2n) is 9.70.